The van der Waals surface area contributed by atoms with Crippen LogP contribution in [0.1, 0.15) is 33.4 Å². The van der Waals surface area contributed by atoms with Crippen LogP contribution in [0.2, 0.25) is 0 Å². The third kappa shape index (κ3) is 4.12. The second kappa shape index (κ2) is 8.19. The molecule has 0 bridgehead atoms. The average molecular weight is 412 g/mol. The summed E-state index contributed by atoms with van der Waals surface area (Å²) >= 11 is 0. The lowest BCUT2D eigenvalue weighted by atomic mass is 9.97. The summed E-state index contributed by atoms with van der Waals surface area (Å²) in [5.74, 6) is -0.614. The first-order chi connectivity index (χ1) is 14.8. The number of anilines is 1. The van der Waals surface area contributed by atoms with E-state index in [1.807, 2.05) is 70.2 Å². The molecule has 3 aromatic rings. The van der Waals surface area contributed by atoms with Crippen molar-refractivity contribution in [3.8, 4) is 0 Å². The molecule has 0 spiro atoms. The molecule has 5 heteroatoms. The Hall–Kier alpha value is -3.73. The molecule has 2 aromatic carbocycles. The van der Waals surface area contributed by atoms with Crippen LogP contribution in [0.4, 0.5) is 5.69 Å². The first kappa shape index (κ1) is 20.5. The Kier molecular flexibility index (Phi) is 5.42. The highest BCUT2D eigenvalue weighted by Crippen LogP contribution is 2.33. The molecule has 156 valence electrons. The van der Waals surface area contributed by atoms with E-state index in [1.54, 1.807) is 12.4 Å². The summed E-state index contributed by atoms with van der Waals surface area (Å²) in [6.45, 7) is 8.20. The van der Waals surface area contributed by atoms with Crippen LogP contribution >= 0.6 is 0 Å². The van der Waals surface area contributed by atoms with Crippen molar-refractivity contribution in [3.63, 3.8) is 0 Å². The molecule has 5 nitrogen and oxygen atoms in total. The van der Waals surface area contributed by atoms with E-state index in [9.17, 15) is 9.59 Å². The Morgan fingerprint density at radius 2 is 1.48 bits per heavy atom. The lowest BCUT2D eigenvalue weighted by Gasteiger charge is -2.15. The fourth-order valence-electron chi connectivity index (χ4n) is 4.04. The number of hydrogen-bond donors (Lipinski definition) is 1. The number of hydrogen-bond acceptors (Lipinski definition) is 4. The Labute approximate surface area is 182 Å². The number of carbonyl (C=O) groups is 2. The largest absolute Gasteiger partial charge is 0.350 e. The van der Waals surface area contributed by atoms with Gasteiger partial charge in [0.15, 0.2) is 0 Å². The van der Waals surface area contributed by atoms with Gasteiger partial charge in [0.1, 0.15) is 5.70 Å². The standard InChI is InChI=1S/C26H25N3O2/c1-16-5-6-22(19(4)12-16)23-24(28-21-13-17(2)11-18(3)14-21)26(31)29(25(23)30)15-20-7-9-27-10-8-20/h5-14,28H,15H2,1-4H3. The van der Waals surface area contributed by atoms with Gasteiger partial charge in [-0.3, -0.25) is 19.5 Å². The molecule has 2 heterocycles. The molecule has 31 heavy (non-hydrogen) atoms. The van der Waals surface area contributed by atoms with E-state index in [0.29, 0.717) is 11.3 Å². The fraction of sp³-hybridized carbons (Fsp3) is 0.192. The van der Waals surface area contributed by atoms with Gasteiger partial charge in [0, 0.05) is 18.1 Å². The van der Waals surface area contributed by atoms with Crippen LogP contribution < -0.4 is 5.32 Å². The number of nitrogens with one attached hydrogen (secondary N) is 1. The Balaban J connectivity index is 1.80. The molecule has 0 saturated heterocycles. The summed E-state index contributed by atoms with van der Waals surface area (Å²) in [5, 5.41) is 3.26. The number of imide groups is 1. The number of carbonyl (C=O) groups excluding carboxylic acids is 2. The molecule has 0 aliphatic carbocycles. The third-order valence-corrected chi connectivity index (χ3v) is 5.40. The number of rotatable bonds is 5. The van der Waals surface area contributed by atoms with Crippen LogP contribution in [-0.4, -0.2) is 21.7 Å². The van der Waals surface area contributed by atoms with Crippen LogP contribution in [0.5, 0.6) is 0 Å². The van der Waals surface area contributed by atoms with Crippen molar-refractivity contribution in [2.45, 2.75) is 34.2 Å². The van der Waals surface area contributed by atoms with Crippen molar-refractivity contribution < 1.29 is 9.59 Å². The molecule has 2 amide bonds. The smallest absolute Gasteiger partial charge is 0.278 e. The summed E-state index contributed by atoms with van der Waals surface area (Å²) in [6, 6.07) is 15.6. The lowest BCUT2D eigenvalue weighted by molar-refractivity contribution is -0.137. The monoisotopic (exact) mass is 411 g/mol. The predicted octanol–water partition coefficient (Wildman–Crippen LogP) is 4.71. The van der Waals surface area contributed by atoms with Gasteiger partial charge in [0.25, 0.3) is 11.8 Å². The van der Waals surface area contributed by atoms with Crippen LogP contribution in [0.25, 0.3) is 5.57 Å². The number of aryl methyl sites for hydroxylation is 4. The first-order valence-electron chi connectivity index (χ1n) is 10.3. The summed E-state index contributed by atoms with van der Waals surface area (Å²) in [4.78, 5) is 32.2. The summed E-state index contributed by atoms with van der Waals surface area (Å²) in [5.41, 5.74) is 7.38. The van der Waals surface area contributed by atoms with Crippen LogP contribution in [0.15, 0.2) is 66.6 Å². The lowest BCUT2D eigenvalue weighted by Crippen LogP contribution is -2.32. The van der Waals surface area contributed by atoms with E-state index >= 15 is 0 Å². The molecule has 1 N–H and O–H groups in total. The maximum atomic E-state index is 13.5. The highest BCUT2D eigenvalue weighted by Gasteiger charge is 2.39. The topological polar surface area (TPSA) is 62.3 Å². The molecule has 4 rings (SSSR count). The van der Waals surface area contributed by atoms with Crippen LogP contribution in [0.3, 0.4) is 0 Å². The molecule has 0 unspecified atom stereocenters. The Bertz CT molecular complexity index is 1190. The van der Waals surface area contributed by atoms with Gasteiger partial charge in [-0.2, -0.15) is 0 Å². The minimum atomic E-state index is -0.323. The number of amides is 2. The van der Waals surface area contributed by atoms with E-state index in [0.717, 1.165) is 39.1 Å². The second-order valence-electron chi connectivity index (χ2n) is 8.12. The number of pyridine rings is 1. The van der Waals surface area contributed by atoms with Gasteiger partial charge in [-0.05, 0) is 79.8 Å². The zero-order valence-electron chi connectivity index (χ0n) is 18.2. The van der Waals surface area contributed by atoms with Crippen molar-refractivity contribution in [2.75, 3.05) is 5.32 Å². The normalized spacial score (nSPS) is 13.9. The van der Waals surface area contributed by atoms with Gasteiger partial charge in [-0.15, -0.1) is 0 Å². The Morgan fingerprint density at radius 3 is 2.13 bits per heavy atom. The van der Waals surface area contributed by atoms with Gasteiger partial charge in [-0.1, -0.05) is 29.8 Å². The first-order valence-corrected chi connectivity index (χ1v) is 10.3. The molecular weight excluding hydrogens is 386 g/mol. The molecule has 0 radical (unpaired) electrons. The fourth-order valence-corrected chi connectivity index (χ4v) is 4.04. The van der Waals surface area contributed by atoms with E-state index < -0.39 is 0 Å². The van der Waals surface area contributed by atoms with Gasteiger partial charge in [0.05, 0.1) is 12.1 Å². The number of benzene rings is 2. The quantitative estimate of drug-likeness (QED) is 0.618. The second-order valence-corrected chi connectivity index (χ2v) is 8.12. The maximum Gasteiger partial charge on any atom is 0.278 e. The minimum Gasteiger partial charge on any atom is -0.350 e. The summed E-state index contributed by atoms with van der Waals surface area (Å²) < 4.78 is 0. The molecular formula is C26H25N3O2. The van der Waals surface area contributed by atoms with Crippen molar-refractivity contribution in [2.24, 2.45) is 0 Å². The molecule has 0 saturated carbocycles. The van der Waals surface area contributed by atoms with Gasteiger partial charge in [-0.25, -0.2) is 0 Å². The Morgan fingerprint density at radius 1 is 0.806 bits per heavy atom. The average Bonchev–Trinajstić information content (AvgIpc) is 2.93. The molecule has 0 fully saturated rings. The van der Waals surface area contributed by atoms with Gasteiger partial charge >= 0.3 is 0 Å². The van der Waals surface area contributed by atoms with Gasteiger partial charge < -0.3 is 5.32 Å². The van der Waals surface area contributed by atoms with Gasteiger partial charge in [0.2, 0.25) is 0 Å². The van der Waals surface area contributed by atoms with Crippen molar-refractivity contribution in [3.05, 3.63) is 100 Å². The van der Waals surface area contributed by atoms with Crippen LogP contribution in [-0.2, 0) is 16.1 Å². The highest BCUT2D eigenvalue weighted by atomic mass is 16.2. The number of aromatic nitrogens is 1. The molecule has 1 aliphatic heterocycles. The summed E-state index contributed by atoms with van der Waals surface area (Å²) in [6.07, 6.45) is 3.32. The van der Waals surface area contributed by atoms with E-state index in [4.69, 9.17) is 0 Å². The SMILES string of the molecule is Cc1cc(C)cc(NC2=C(c3ccc(C)cc3C)C(=O)N(Cc3ccncc3)C2=O)c1. The van der Waals surface area contributed by atoms with E-state index in [1.165, 1.54) is 4.90 Å². The third-order valence-electron chi connectivity index (χ3n) is 5.40. The molecule has 0 atom stereocenters. The van der Waals surface area contributed by atoms with Crippen molar-refractivity contribution in [1.82, 2.24) is 9.88 Å². The van der Waals surface area contributed by atoms with Crippen molar-refractivity contribution >= 4 is 23.1 Å². The van der Waals surface area contributed by atoms with Crippen LogP contribution in [0, 0.1) is 27.7 Å². The zero-order valence-corrected chi connectivity index (χ0v) is 18.2. The summed E-state index contributed by atoms with van der Waals surface area (Å²) in [7, 11) is 0. The molecule has 1 aliphatic rings. The predicted molar refractivity (Wildman–Crippen MR) is 122 cm³/mol. The van der Waals surface area contributed by atoms with E-state index in [-0.39, 0.29) is 18.4 Å². The molecule has 1 aromatic heterocycles. The maximum absolute atomic E-state index is 13.5. The zero-order chi connectivity index (χ0) is 22.1. The van der Waals surface area contributed by atoms with E-state index in [2.05, 4.69) is 16.4 Å². The van der Waals surface area contributed by atoms with Crippen molar-refractivity contribution in [1.29, 1.82) is 0 Å². The minimum absolute atomic E-state index is 0.201. The number of nitrogens with zero attached hydrogens (tertiary/aromatic N) is 2. The highest BCUT2D eigenvalue weighted by molar-refractivity contribution is 6.36.